The molecule has 0 saturated heterocycles. The van der Waals surface area contributed by atoms with Crippen LogP contribution in [0.3, 0.4) is 0 Å². The minimum Gasteiger partial charge on any atom is -0.362 e. The van der Waals surface area contributed by atoms with E-state index < -0.39 is 0 Å². The van der Waals surface area contributed by atoms with Crippen molar-refractivity contribution >= 4 is 50.7 Å². The summed E-state index contributed by atoms with van der Waals surface area (Å²) >= 11 is 15.1. The van der Waals surface area contributed by atoms with Crippen LogP contribution >= 0.6 is 39.7 Å². The van der Waals surface area contributed by atoms with E-state index >= 15 is 0 Å². The molecule has 0 unspecified atom stereocenters. The van der Waals surface area contributed by atoms with Crippen molar-refractivity contribution in [3.63, 3.8) is 0 Å². The van der Waals surface area contributed by atoms with Gasteiger partial charge in [-0.05, 0) is 77.7 Å². The van der Waals surface area contributed by atoms with Crippen LogP contribution in [0, 0.1) is 6.92 Å². The minimum absolute atomic E-state index is 0.0969. The van der Waals surface area contributed by atoms with Crippen LogP contribution in [0.5, 0.6) is 0 Å². The van der Waals surface area contributed by atoms with Crippen molar-refractivity contribution in [3.8, 4) is 0 Å². The first-order chi connectivity index (χ1) is 12.0. The topological polar surface area (TPSA) is 37.0 Å². The highest BCUT2D eigenvalue weighted by molar-refractivity contribution is 9.10. The Labute approximate surface area is 167 Å². The molecule has 6 heteroatoms. The summed E-state index contributed by atoms with van der Waals surface area (Å²) in [5.41, 5.74) is 2.32. The van der Waals surface area contributed by atoms with Crippen LogP contribution in [-0.2, 0) is 5.41 Å². The van der Waals surface area contributed by atoms with Crippen LogP contribution < -0.4 is 10.6 Å². The summed E-state index contributed by atoms with van der Waals surface area (Å²) in [4.78, 5) is 4.48. The van der Waals surface area contributed by atoms with E-state index in [1.807, 2.05) is 31.2 Å². The minimum atomic E-state index is 0.0969. The third-order valence-electron chi connectivity index (χ3n) is 4.85. The molecule has 1 fully saturated rings. The van der Waals surface area contributed by atoms with Crippen molar-refractivity contribution in [3.05, 3.63) is 57.2 Å². The SMILES string of the molecule is Cc1nc(NC(=S)NCC2(c3cccc(Cl)c3)CCCC2)ccc1Br. The van der Waals surface area contributed by atoms with Gasteiger partial charge in [0.1, 0.15) is 5.82 Å². The maximum absolute atomic E-state index is 6.21. The molecule has 2 aromatic rings. The number of rotatable bonds is 4. The predicted octanol–water partition coefficient (Wildman–Crippen LogP) is 5.60. The molecule has 1 aliphatic rings. The number of benzene rings is 1. The van der Waals surface area contributed by atoms with Gasteiger partial charge in [-0.15, -0.1) is 0 Å². The van der Waals surface area contributed by atoms with E-state index in [4.69, 9.17) is 23.8 Å². The molecule has 132 valence electrons. The molecule has 3 rings (SSSR count). The lowest BCUT2D eigenvalue weighted by Gasteiger charge is -2.30. The zero-order valence-corrected chi connectivity index (χ0v) is 17.3. The van der Waals surface area contributed by atoms with E-state index in [0.717, 1.165) is 40.4 Å². The van der Waals surface area contributed by atoms with Gasteiger partial charge in [-0.2, -0.15) is 0 Å². The number of nitrogens with one attached hydrogen (secondary N) is 2. The third kappa shape index (κ3) is 4.52. The molecule has 0 amide bonds. The van der Waals surface area contributed by atoms with Gasteiger partial charge in [0.2, 0.25) is 0 Å². The highest BCUT2D eigenvalue weighted by Crippen LogP contribution is 2.41. The quantitative estimate of drug-likeness (QED) is 0.609. The van der Waals surface area contributed by atoms with Gasteiger partial charge in [0, 0.05) is 21.5 Å². The van der Waals surface area contributed by atoms with Crippen molar-refractivity contribution in [2.24, 2.45) is 0 Å². The fourth-order valence-corrected chi connectivity index (χ4v) is 4.05. The van der Waals surface area contributed by atoms with E-state index in [1.165, 1.54) is 18.4 Å². The molecular formula is C19H21BrClN3S. The van der Waals surface area contributed by atoms with E-state index in [-0.39, 0.29) is 5.41 Å². The molecule has 0 spiro atoms. The molecule has 1 aromatic heterocycles. The smallest absolute Gasteiger partial charge is 0.171 e. The van der Waals surface area contributed by atoms with E-state index in [9.17, 15) is 0 Å². The van der Waals surface area contributed by atoms with Crippen LogP contribution in [-0.4, -0.2) is 16.6 Å². The Kier molecular flexibility index (Phi) is 5.97. The Balaban J connectivity index is 1.67. The first-order valence-corrected chi connectivity index (χ1v) is 10.0. The summed E-state index contributed by atoms with van der Waals surface area (Å²) in [6.45, 7) is 2.76. The number of nitrogens with zero attached hydrogens (tertiary/aromatic N) is 1. The van der Waals surface area contributed by atoms with Crippen LogP contribution in [0.4, 0.5) is 5.82 Å². The number of halogens is 2. The molecule has 1 aliphatic carbocycles. The largest absolute Gasteiger partial charge is 0.362 e. The third-order valence-corrected chi connectivity index (χ3v) is 6.17. The maximum atomic E-state index is 6.21. The van der Waals surface area contributed by atoms with Crippen LogP contribution in [0.15, 0.2) is 40.9 Å². The fraction of sp³-hybridized carbons (Fsp3) is 0.368. The van der Waals surface area contributed by atoms with Crippen molar-refractivity contribution in [2.45, 2.75) is 38.0 Å². The summed E-state index contributed by atoms with van der Waals surface area (Å²) in [6.07, 6.45) is 4.78. The first-order valence-electron chi connectivity index (χ1n) is 8.43. The lowest BCUT2D eigenvalue weighted by Crippen LogP contribution is -2.40. The average Bonchev–Trinajstić information content (AvgIpc) is 3.07. The first kappa shape index (κ1) is 18.6. The Bertz CT molecular complexity index is 775. The number of aromatic nitrogens is 1. The second kappa shape index (κ2) is 8.02. The zero-order chi connectivity index (χ0) is 17.9. The molecule has 1 heterocycles. The normalized spacial score (nSPS) is 15.8. The van der Waals surface area contributed by atoms with Gasteiger partial charge in [0.05, 0.1) is 5.69 Å². The Morgan fingerprint density at radius 1 is 1.28 bits per heavy atom. The van der Waals surface area contributed by atoms with Crippen molar-refractivity contribution in [2.75, 3.05) is 11.9 Å². The zero-order valence-electron chi connectivity index (χ0n) is 14.1. The van der Waals surface area contributed by atoms with Crippen LogP contribution in [0.1, 0.15) is 36.9 Å². The molecule has 0 atom stereocenters. The lowest BCUT2D eigenvalue weighted by molar-refractivity contribution is 0.435. The summed E-state index contributed by atoms with van der Waals surface area (Å²) in [6, 6.07) is 12.1. The van der Waals surface area contributed by atoms with Gasteiger partial charge in [0.15, 0.2) is 5.11 Å². The summed E-state index contributed by atoms with van der Waals surface area (Å²) in [5, 5.41) is 7.96. The predicted molar refractivity (Wildman–Crippen MR) is 112 cm³/mol. The standard InChI is InChI=1S/C19H21BrClN3S/c1-13-16(20)7-8-17(23-13)24-18(25)22-12-19(9-2-3-10-19)14-5-4-6-15(21)11-14/h4-8,11H,2-3,9-10,12H2,1H3,(H2,22,23,24,25). The lowest BCUT2D eigenvalue weighted by atomic mass is 9.79. The van der Waals surface area contributed by atoms with Crippen molar-refractivity contribution in [1.29, 1.82) is 0 Å². The number of hydrogen-bond acceptors (Lipinski definition) is 2. The van der Waals surface area contributed by atoms with Gasteiger partial charge >= 0.3 is 0 Å². The Morgan fingerprint density at radius 3 is 2.72 bits per heavy atom. The molecule has 0 aliphatic heterocycles. The molecule has 25 heavy (non-hydrogen) atoms. The van der Waals surface area contributed by atoms with E-state index in [0.29, 0.717) is 5.11 Å². The molecular weight excluding hydrogens is 418 g/mol. The van der Waals surface area contributed by atoms with Gasteiger partial charge in [0.25, 0.3) is 0 Å². The monoisotopic (exact) mass is 437 g/mol. The Morgan fingerprint density at radius 2 is 2.04 bits per heavy atom. The molecule has 0 bridgehead atoms. The van der Waals surface area contributed by atoms with Crippen LogP contribution in [0.2, 0.25) is 5.02 Å². The van der Waals surface area contributed by atoms with Gasteiger partial charge in [-0.1, -0.05) is 36.6 Å². The molecule has 2 N–H and O–H groups in total. The number of aryl methyl sites for hydroxylation is 1. The number of hydrogen-bond donors (Lipinski definition) is 2. The highest BCUT2D eigenvalue weighted by Gasteiger charge is 2.35. The van der Waals surface area contributed by atoms with E-state index in [2.05, 4.69) is 43.7 Å². The maximum Gasteiger partial charge on any atom is 0.171 e. The van der Waals surface area contributed by atoms with E-state index in [1.54, 1.807) is 0 Å². The Hall–Kier alpha value is -1.17. The fourth-order valence-electron chi connectivity index (χ4n) is 3.46. The summed E-state index contributed by atoms with van der Waals surface area (Å²) < 4.78 is 0.989. The summed E-state index contributed by atoms with van der Waals surface area (Å²) in [7, 11) is 0. The van der Waals surface area contributed by atoms with Gasteiger partial charge in [-0.3, -0.25) is 0 Å². The second-order valence-corrected chi connectivity index (χ2v) is 8.27. The number of thiocarbonyl (C=S) groups is 1. The highest BCUT2D eigenvalue weighted by atomic mass is 79.9. The number of pyridine rings is 1. The van der Waals surface area contributed by atoms with Gasteiger partial charge in [-0.25, -0.2) is 4.98 Å². The van der Waals surface area contributed by atoms with Gasteiger partial charge < -0.3 is 10.6 Å². The summed E-state index contributed by atoms with van der Waals surface area (Å²) in [5.74, 6) is 0.751. The molecule has 1 aromatic carbocycles. The molecule has 0 radical (unpaired) electrons. The van der Waals surface area contributed by atoms with Crippen LogP contribution in [0.25, 0.3) is 0 Å². The molecule has 3 nitrogen and oxygen atoms in total. The van der Waals surface area contributed by atoms with Crippen molar-refractivity contribution < 1.29 is 0 Å². The van der Waals surface area contributed by atoms with Crippen molar-refractivity contribution in [1.82, 2.24) is 10.3 Å². The second-order valence-electron chi connectivity index (χ2n) is 6.57. The number of anilines is 1. The average molecular weight is 439 g/mol. The molecule has 1 saturated carbocycles.